The molecule has 0 radical (unpaired) electrons. The third-order valence-electron chi connectivity index (χ3n) is 4.92. The standard InChI is InChI=1S/C18H20FN5/c19-15-8-12(20)6-7-13(15)14-9-16(11-4-2-1-3-5-11)24-17(14)18(21)22-10-23-24/h6-11H,1-5,20H2,(H2,21,22,23). The van der Waals surface area contributed by atoms with Crippen LogP contribution in [0.15, 0.2) is 30.6 Å². The summed E-state index contributed by atoms with van der Waals surface area (Å²) >= 11 is 0. The van der Waals surface area contributed by atoms with E-state index in [0.29, 0.717) is 28.5 Å². The van der Waals surface area contributed by atoms with E-state index < -0.39 is 0 Å². The summed E-state index contributed by atoms with van der Waals surface area (Å²) in [4.78, 5) is 4.10. The summed E-state index contributed by atoms with van der Waals surface area (Å²) in [5.41, 5.74) is 15.1. The fraction of sp³-hybridized carbons (Fsp3) is 0.333. The zero-order valence-electron chi connectivity index (χ0n) is 13.4. The van der Waals surface area contributed by atoms with E-state index in [-0.39, 0.29) is 5.82 Å². The summed E-state index contributed by atoms with van der Waals surface area (Å²) in [7, 11) is 0. The molecule has 6 heteroatoms. The van der Waals surface area contributed by atoms with Gasteiger partial charge in [-0.3, -0.25) is 0 Å². The molecule has 0 aliphatic heterocycles. The number of halogens is 1. The molecule has 0 amide bonds. The van der Waals surface area contributed by atoms with Crippen LogP contribution < -0.4 is 11.5 Å². The fourth-order valence-electron chi connectivity index (χ4n) is 3.74. The van der Waals surface area contributed by atoms with Gasteiger partial charge in [-0.2, -0.15) is 5.10 Å². The molecule has 2 heterocycles. The number of aromatic nitrogens is 3. The molecule has 1 aliphatic rings. The Bertz CT molecular complexity index is 896. The van der Waals surface area contributed by atoms with Crippen LogP contribution in [-0.2, 0) is 0 Å². The van der Waals surface area contributed by atoms with Crippen LogP contribution in [0.5, 0.6) is 0 Å². The summed E-state index contributed by atoms with van der Waals surface area (Å²) in [6, 6.07) is 6.74. The van der Waals surface area contributed by atoms with E-state index >= 15 is 0 Å². The third kappa shape index (κ3) is 2.38. The zero-order chi connectivity index (χ0) is 16.7. The largest absolute Gasteiger partial charge is 0.399 e. The molecule has 0 bridgehead atoms. The molecule has 2 aromatic heterocycles. The van der Waals surface area contributed by atoms with E-state index in [0.717, 1.165) is 24.1 Å². The Morgan fingerprint density at radius 1 is 1.04 bits per heavy atom. The number of nitrogens with two attached hydrogens (primary N) is 2. The summed E-state index contributed by atoms with van der Waals surface area (Å²) in [6.45, 7) is 0. The highest BCUT2D eigenvalue weighted by Gasteiger charge is 2.24. The molecule has 1 saturated carbocycles. The molecule has 0 saturated heterocycles. The number of hydrogen-bond acceptors (Lipinski definition) is 4. The van der Waals surface area contributed by atoms with Gasteiger partial charge in [-0.15, -0.1) is 0 Å². The number of anilines is 2. The number of benzene rings is 1. The predicted molar refractivity (Wildman–Crippen MR) is 93.0 cm³/mol. The molecule has 0 unspecified atom stereocenters. The minimum absolute atomic E-state index is 0.360. The SMILES string of the molecule is Nc1ccc(-c2cc(C3CCCCC3)n3ncnc(N)c23)c(F)c1. The fourth-order valence-corrected chi connectivity index (χ4v) is 3.74. The van der Waals surface area contributed by atoms with Crippen molar-refractivity contribution in [3.63, 3.8) is 0 Å². The van der Waals surface area contributed by atoms with Crippen molar-refractivity contribution in [2.75, 3.05) is 11.5 Å². The van der Waals surface area contributed by atoms with Crippen molar-refractivity contribution in [1.29, 1.82) is 0 Å². The summed E-state index contributed by atoms with van der Waals surface area (Å²) in [6.07, 6.45) is 7.40. The molecular formula is C18H20FN5. The first-order valence-electron chi connectivity index (χ1n) is 8.32. The lowest BCUT2D eigenvalue weighted by Gasteiger charge is -2.21. The third-order valence-corrected chi connectivity index (χ3v) is 4.92. The Morgan fingerprint density at radius 3 is 2.58 bits per heavy atom. The maximum absolute atomic E-state index is 14.5. The molecule has 0 atom stereocenters. The highest BCUT2D eigenvalue weighted by molar-refractivity contribution is 5.89. The molecule has 4 rings (SSSR count). The van der Waals surface area contributed by atoms with Crippen molar-refractivity contribution in [2.24, 2.45) is 0 Å². The van der Waals surface area contributed by atoms with E-state index in [4.69, 9.17) is 11.5 Å². The number of nitrogen functional groups attached to an aromatic ring is 2. The van der Waals surface area contributed by atoms with Crippen LogP contribution in [-0.4, -0.2) is 14.6 Å². The monoisotopic (exact) mass is 325 g/mol. The normalized spacial score (nSPS) is 15.9. The predicted octanol–water partition coefficient (Wildman–Crippen LogP) is 3.75. The second-order valence-corrected chi connectivity index (χ2v) is 6.46. The second kappa shape index (κ2) is 5.78. The number of hydrogen-bond donors (Lipinski definition) is 2. The quantitative estimate of drug-likeness (QED) is 0.703. The van der Waals surface area contributed by atoms with Gasteiger partial charge in [0.15, 0.2) is 5.82 Å². The highest BCUT2D eigenvalue weighted by Crippen LogP contribution is 2.39. The first-order chi connectivity index (χ1) is 11.6. The number of rotatable bonds is 2. The maximum Gasteiger partial charge on any atom is 0.151 e. The van der Waals surface area contributed by atoms with Gasteiger partial charge in [-0.05, 0) is 37.1 Å². The maximum atomic E-state index is 14.5. The van der Waals surface area contributed by atoms with Crippen molar-refractivity contribution >= 4 is 17.0 Å². The van der Waals surface area contributed by atoms with Crippen LogP contribution >= 0.6 is 0 Å². The van der Waals surface area contributed by atoms with Gasteiger partial charge in [-0.1, -0.05) is 19.3 Å². The highest BCUT2D eigenvalue weighted by atomic mass is 19.1. The average Bonchev–Trinajstić information content (AvgIpc) is 2.96. The first kappa shape index (κ1) is 14.9. The zero-order valence-corrected chi connectivity index (χ0v) is 13.4. The molecule has 1 aliphatic carbocycles. The molecular weight excluding hydrogens is 305 g/mol. The van der Waals surface area contributed by atoms with Crippen LogP contribution in [0.3, 0.4) is 0 Å². The van der Waals surface area contributed by atoms with Gasteiger partial charge in [0.1, 0.15) is 17.7 Å². The van der Waals surface area contributed by atoms with Crippen LogP contribution in [0.25, 0.3) is 16.6 Å². The van der Waals surface area contributed by atoms with Gasteiger partial charge in [0.05, 0.1) is 0 Å². The first-order valence-corrected chi connectivity index (χ1v) is 8.32. The molecule has 24 heavy (non-hydrogen) atoms. The summed E-state index contributed by atoms with van der Waals surface area (Å²) < 4.78 is 16.3. The van der Waals surface area contributed by atoms with Gasteiger partial charge in [0.2, 0.25) is 0 Å². The summed E-state index contributed by atoms with van der Waals surface area (Å²) in [5, 5.41) is 4.39. The van der Waals surface area contributed by atoms with Crippen molar-refractivity contribution in [1.82, 2.24) is 14.6 Å². The molecule has 5 nitrogen and oxygen atoms in total. The smallest absolute Gasteiger partial charge is 0.151 e. The minimum Gasteiger partial charge on any atom is -0.399 e. The molecule has 0 spiro atoms. The van der Waals surface area contributed by atoms with Crippen LogP contribution in [0.4, 0.5) is 15.9 Å². The molecule has 124 valence electrons. The Kier molecular flexibility index (Phi) is 3.59. The van der Waals surface area contributed by atoms with Gasteiger partial charge in [-0.25, -0.2) is 13.9 Å². The van der Waals surface area contributed by atoms with Crippen LogP contribution in [0, 0.1) is 5.82 Å². The van der Waals surface area contributed by atoms with E-state index in [1.807, 2.05) is 10.6 Å². The van der Waals surface area contributed by atoms with Gasteiger partial charge in [0, 0.05) is 28.4 Å². The van der Waals surface area contributed by atoms with Crippen molar-refractivity contribution in [3.05, 3.63) is 42.1 Å². The van der Waals surface area contributed by atoms with E-state index in [1.165, 1.54) is 31.7 Å². The van der Waals surface area contributed by atoms with E-state index in [9.17, 15) is 4.39 Å². The van der Waals surface area contributed by atoms with E-state index in [1.54, 1.807) is 12.1 Å². The van der Waals surface area contributed by atoms with Crippen molar-refractivity contribution in [3.8, 4) is 11.1 Å². The lowest BCUT2D eigenvalue weighted by atomic mass is 9.87. The van der Waals surface area contributed by atoms with E-state index in [2.05, 4.69) is 10.1 Å². The van der Waals surface area contributed by atoms with Gasteiger partial charge in [0.25, 0.3) is 0 Å². The summed E-state index contributed by atoms with van der Waals surface area (Å²) in [5.74, 6) is 0.422. The molecule has 1 aromatic carbocycles. The molecule has 3 aromatic rings. The Labute approximate surface area is 139 Å². The molecule has 1 fully saturated rings. The van der Waals surface area contributed by atoms with Crippen molar-refractivity contribution in [2.45, 2.75) is 38.0 Å². The average molecular weight is 325 g/mol. The van der Waals surface area contributed by atoms with Gasteiger partial charge >= 0.3 is 0 Å². The lowest BCUT2D eigenvalue weighted by Crippen LogP contribution is -2.09. The van der Waals surface area contributed by atoms with Crippen LogP contribution in [0.2, 0.25) is 0 Å². The van der Waals surface area contributed by atoms with Crippen molar-refractivity contribution < 1.29 is 4.39 Å². The van der Waals surface area contributed by atoms with Gasteiger partial charge < -0.3 is 11.5 Å². The lowest BCUT2D eigenvalue weighted by molar-refractivity contribution is 0.431. The second-order valence-electron chi connectivity index (χ2n) is 6.46. The van der Waals surface area contributed by atoms with Crippen LogP contribution in [0.1, 0.15) is 43.7 Å². The topological polar surface area (TPSA) is 82.2 Å². The Morgan fingerprint density at radius 2 is 1.83 bits per heavy atom. The Hall–Kier alpha value is -2.63. The molecule has 4 N–H and O–H groups in total. The number of nitrogens with zero attached hydrogens (tertiary/aromatic N) is 3. The Balaban J connectivity index is 1.95. The number of fused-ring (bicyclic) bond motifs is 1. The minimum atomic E-state index is -0.360.